The lowest BCUT2D eigenvalue weighted by Crippen LogP contribution is -2.39. The molecule has 2 N–H and O–H groups in total. The minimum Gasteiger partial charge on any atom is -0.484 e. The first-order chi connectivity index (χ1) is 10.6. The molecule has 0 aliphatic heterocycles. The number of carboxylic acids is 1. The van der Waals surface area contributed by atoms with Crippen molar-refractivity contribution in [1.29, 1.82) is 0 Å². The molecular weight excluding hydrogens is 286 g/mol. The van der Waals surface area contributed by atoms with Gasteiger partial charge in [0.25, 0.3) is 5.91 Å². The highest BCUT2D eigenvalue weighted by Gasteiger charge is 2.17. The number of hydrogen-bond donors (Lipinski definition) is 2. The van der Waals surface area contributed by atoms with Crippen molar-refractivity contribution in [2.24, 2.45) is 0 Å². The number of nitrogens with one attached hydrogen (secondary N) is 1. The average molecular weight is 303 g/mol. The highest BCUT2D eigenvalue weighted by atomic mass is 16.5. The molecular formula is C16H17NO5. The SMILES string of the molecule is COC(CNC(=O)COc1ccc2ccccc2c1)C(=O)O. The monoisotopic (exact) mass is 303 g/mol. The van der Waals surface area contributed by atoms with Crippen molar-refractivity contribution in [3.63, 3.8) is 0 Å². The molecule has 0 fully saturated rings. The van der Waals surface area contributed by atoms with Crippen molar-refractivity contribution in [2.45, 2.75) is 6.10 Å². The molecule has 0 aliphatic carbocycles. The fourth-order valence-electron chi connectivity index (χ4n) is 1.94. The topological polar surface area (TPSA) is 84.9 Å². The molecule has 0 radical (unpaired) electrons. The second-order valence-corrected chi connectivity index (χ2v) is 4.66. The molecule has 0 heterocycles. The summed E-state index contributed by atoms with van der Waals surface area (Å²) >= 11 is 0. The van der Waals surface area contributed by atoms with Crippen LogP contribution in [0.3, 0.4) is 0 Å². The lowest BCUT2D eigenvalue weighted by molar-refractivity contribution is -0.148. The maximum absolute atomic E-state index is 11.6. The number of hydrogen-bond acceptors (Lipinski definition) is 4. The van der Waals surface area contributed by atoms with Gasteiger partial charge in [-0.3, -0.25) is 4.79 Å². The van der Waals surface area contributed by atoms with E-state index in [-0.39, 0.29) is 13.2 Å². The minimum absolute atomic E-state index is 0.105. The first-order valence-electron chi connectivity index (χ1n) is 6.74. The molecule has 1 amide bonds. The predicted octanol–water partition coefficient (Wildman–Crippen LogP) is 1.43. The summed E-state index contributed by atoms with van der Waals surface area (Å²) in [6.45, 7) is -0.292. The fourth-order valence-corrected chi connectivity index (χ4v) is 1.94. The number of aliphatic carboxylic acids is 1. The highest BCUT2D eigenvalue weighted by molar-refractivity contribution is 5.84. The molecule has 2 aromatic carbocycles. The van der Waals surface area contributed by atoms with Gasteiger partial charge >= 0.3 is 5.97 Å². The van der Waals surface area contributed by atoms with Crippen LogP contribution in [0.2, 0.25) is 0 Å². The number of ether oxygens (including phenoxy) is 2. The fraction of sp³-hybridized carbons (Fsp3) is 0.250. The number of fused-ring (bicyclic) bond motifs is 1. The van der Waals surface area contributed by atoms with Gasteiger partial charge in [0.15, 0.2) is 12.7 Å². The molecule has 116 valence electrons. The van der Waals surface area contributed by atoms with Gasteiger partial charge in [-0.15, -0.1) is 0 Å². The molecule has 0 bridgehead atoms. The lowest BCUT2D eigenvalue weighted by atomic mass is 10.1. The van der Waals surface area contributed by atoms with Crippen molar-refractivity contribution < 1.29 is 24.2 Å². The second kappa shape index (κ2) is 7.42. The number of methoxy groups -OCH3 is 1. The Hall–Kier alpha value is -2.60. The summed E-state index contributed by atoms with van der Waals surface area (Å²) in [7, 11) is 1.27. The van der Waals surface area contributed by atoms with Gasteiger partial charge in [-0.05, 0) is 22.9 Å². The molecule has 0 spiro atoms. The Kier molecular flexibility index (Phi) is 5.32. The number of amides is 1. The van der Waals surface area contributed by atoms with Gasteiger partial charge < -0.3 is 19.9 Å². The maximum atomic E-state index is 11.6. The maximum Gasteiger partial charge on any atom is 0.334 e. The summed E-state index contributed by atoms with van der Waals surface area (Å²) in [6.07, 6.45) is -1.07. The van der Waals surface area contributed by atoms with Gasteiger partial charge in [0, 0.05) is 7.11 Å². The number of carbonyl (C=O) groups is 2. The van der Waals surface area contributed by atoms with E-state index in [0.29, 0.717) is 5.75 Å². The van der Waals surface area contributed by atoms with Gasteiger partial charge in [0.05, 0.1) is 6.54 Å². The third-order valence-electron chi connectivity index (χ3n) is 3.14. The van der Waals surface area contributed by atoms with E-state index < -0.39 is 18.0 Å². The summed E-state index contributed by atoms with van der Waals surface area (Å²) in [6, 6.07) is 13.4. The summed E-state index contributed by atoms with van der Waals surface area (Å²) in [4.78, 5) is 22.4. The van der Waals surface area contributed by atoms with Crippen molar-refractivity contribution in [3.8, 4) is 5.75 Å². The molecule has 0 aliphatic rings. The van der Waals surface area contributed by atoms with Crippen LogP contribution < -0.4 is 10.1 Å². The normalized spacial score (nSPS) is 11.9. The van der Waals surface area contributed by atoms with E-state index in [2.05, 4.69) is 5.32 Å². The van der Waals surface area contributed by atoms with E-state index in [1.165, 1.54) is 7.11 Å². The average Bonchev–Trinajstić information content (AvgIpc) is 2.53. The van der Waals surface area contributed by atoms with E-state index in [0.717, 1.165) is 10.8 Å². The standard InChI is InChI=1S/C16H17NO5/c1-21-14(16(19)20)9-17-15(18)10-22-13-7-6-11-4-2-3-5-12(11)8-13/h2-8,14H,9-10H2,1H3,(H,17,18)(H,19,20). The lowest BCUT2D eigenvalue weighted by Gasteiger charge is -2.12. The van der Waals surface area contributed by atoms with Crippen LogP contribution in [-0.2, 0) is 14.3 Å². The molecule has 0 aromatic heterocycles. The smallest absolute Gasteiger partial charge is 0.334 e. The quantitative estimate of drug-likeness (QED) is 0.808. The minimum atomic E-state index is -1.13. The summed E-state index contributed by atoms with van der Waals surface area (Å²) < 4.78 is 10.1. The zero-order chi connectivity index (χ0) is 15.9. The molecule has 6 heteroatoms. The Morgan fingerprint density at radius 2 is 1.91 bits per heavy atom. The third kappa shape index (κ3) is 4.20. The van der Waals surface area contributed by atoms with Crippen LogP contribution in [0.5, 0.6) is 5.75 Å². The van der Waals surface area contributed by atoms with Crippen LogP contribution in [0.15, 0.2) is 42.5 Å². The van der Waals surface area contributed by atoms with E-state index >= 15 is 0 Å². The molecule has 6 nitrogen and oxygen atoms in total. The molecule has 2 aromatic rings. The first-order valence-corrected chi connectivity index (χ1v) is 6.74. The van der Waals surface area contributed by atoms with E-state index in [9.17, 15) is 9.59 Å². The molecule has 22 heavy (non-hydrogen) atoms. The Morgan fingerprint density at radius 3 is 2.59 bits per heavy atom. The summed E-state index contributed by atoms with van der Waals surface area (Å²) in [5.41, 5.74) is 0. The number of benzene rings is 2. The van der Waals surface area contributed by atoms with Crippen molar-refractivity contribution in [2.75, 3.05) is 20.3 Å². The Morgan fingerprint density at radius 1 is 1.18 bits per heavy atom. The summed E-state index contributed by atoms with van der Waals surface area (Å²) in [5, 5.41) is 13.3. The molecule has 2 rings (SSSR count). The zero-order valence-electron chi connectivity index (χ0n) is 12.1. The third-order valence-corrected chi connectivity index (χ3v) is 3.14. The van der Waals surface area contributed by atoms with Crippen LogP contribution >= 0.6 is 0 Å². The molecule has 1 unspecified atom stereocenters. The van der Waals surface area contributed by atoms with Crippen LogP contribution in [0.1, 0.15) is 0 Å². The number of carbonyl (C=O) groups excluding carboxylic acids is 1. The largest absolute Gasteiger partial charge is 0.484 e. The van der Waals surface area contributed by atoms with Crippen LogP contribution in [0.25, 0.3) is 10.8 Å². The van der Waals surface area contributed by atoms with Gasteiger partial charge in [-0.1, -0.05) is 30.3 Å². The Labute approximate surface area is 127 Å². The number of rotatable bonds is 7. The molecule has 0 saturated heterocycles. The van der Waals surface area contributed by atoms with Crippen LogP contribution in [-0.4, -0.2) is 43.3 Å². The predicted molar refractivity (Wildman–Crippen MR) is 80.9 cm³/mol. The Balaban J connectivity index is 1.86. The number of carboxylic acid groups (broad SMARTS) is 1. The van der Waals surface area contributed by atoms with Crippen molar-refractivity contribution in [3.05, 3.63) is 42.5 Å². The van der Waals surface area contributed by atoms with Gasteiger partial charge in [0.1, 0.15) is 5.75 Å². The van der Waals surface area contributed by atoms with Crippen LogP contribution in [0, 0.1) is 0 Å². The van der Waals surface area contributed by atoms with E-state index in [1.807, 2.05) is 36.4 Å². The second-order valence-electron chi connectivity index (χ2n) is 4.66. The van der Waals surface area contributed by atoms with E-state index in [4.69, 9.17) is 14.6 Å². The molecule has 0 saturated carbocycles. The van der Waals surface area contributed by atoms with E-state index in [1.54, 1.807) is 6.07 Å². The van der Waals surface area contributed by atoms with Gasteiger partial charge in [-0.2, -0.15) is 0 Å². The van der Waals surface area contributed by atoms with Crippen molar-refractivity contribution in [1.82, 2.24) is 5.32 Å². The van der Waals surface area contributed by atoms with Gasteiger partial charge in [0.2, 0.25) is 0 Å². The summed E-state index contributed by atoms with van der Waals surface area (Å²) in [5.74, 6) is -0.954. The van der Waals surface area contributed by atoms with Crippen LogP contribution in [0.4, 0.5) is 0 Å². The van der Waals surface area contributed by atoms with Gasteiger partial charge in [-0.25, -0.2) is 4.79 Å². The van der Waals surface area contributed by atoms with Crippen molar-refractivity contribution >= 4 is 22.6 Å². The Bertz CT molecular complexity index is 670. The molecule has 1 atom stereocenters. The zero-order valence-corrected chi connectivity index (χ0v) is 12.1. The highest BCUT2D eigenvalue weighted by Crippen LogP contribution is 2.20. The first kappa shape index (κ1) is 15.8.